The monoisotopic (exact) mass is 370 g/mol. The molecule has 8 nitrogen and oxygen atoms in total. The van der Waals surface area contributed by atoms with E-state index in [1.165, 1.54) is 13.0 Å². The van der Waals surface area contributed by atoms with Crippen LogP contribution in [0.2, 0.25) is 0 Å². The highest BCUT2D eigenvalue weighted by Gasteiger charge is 2.09. The summed E-state index contributed by atoms with van der Waals surface area (Å²) in [6.07, 6.45) is 5.36. The number of hydrogen-bond acceptors (Lipinski definition) is 6. The van der Waals surface area contributed by atoms with E-state index in [4.69, 9.17) is 15.9 Å². The predicted molar refractivity (Wildman–Crippen MR) is 98.6 cm³/mol. The van der Waals surface area contributed by atoms with Crippen LogP contribution in [-0.2, 0) is 19.0 Å². The number of ether oxygens (including phenoxy) is 3. The van der Waals surface area contributed by atoms with Gasteiger partial charge in [0, 0.05) is 22.9 Å². The summed E-state index contributed by atoms with van der Waals surface area (Å²) in [5, 5.41) is 4.95. The van der Waals surface area contributed by atoms with Gasteiger partial charge in [-0.15, -0.1) is 6.42 Å². The van der Waals surface area contributed by atoms with Gasteiger partial charge in [-0.05, 0) is 37.5 Å². The van der Waals surface area contributed by atoms with Crippen LogP contribution in [0.5, 0.6) is 0 Å². The van der Waals surface area contributed by atoms with Crippen molar-refractivity contribution in [2.24, 2.45) is 0 Å². The first-order valence-corrected chi connectivity index (χ1v) is 7.64. The molecule has 0 aliphatic rings. The molecular formula is C19H18N2O6. The Balaban J connectivity index is 2.55. The maximum Gasteiger partial charge on any atom is 0.425 e. The molecule has 0 radical (unpaired) electrons. The molecular weight excluding hydrogens is 352 g/mol. The first-order chi connectivity index (χ1) is 12.8. The van der Waals surface area contributed by atoms with Gasteiger partial charge in [0.25, 0.3) is 0 Å². The highest BCUT2D eigenvalue weighted by Crippen LogP contribution is 2.20. The van der Waals surface area contributed by atoms with Crippen LogP contribution in [-0.4, -0.2) is 31.4 Å². The molecule has 2 N–H and O–H groups in total. The lowest BCUT2D eigenvalue weighted by molar-refractivity contribution is -0.139. The third-order valence-corrected chi connectivity index (χ3v) is 2.89. The SMILES string of the molecule is C#CC#COC(=O)Nc1ccc(C)c(NC(=O)OCCOC(=O)C(=C)C)c1. The molecule has 0 atom stereocenters. The molecule has 1 aromatic rings. The number of amides is 2. The predicted octanol–water partition coefficient (Wildman–Crippen LogP) is 2.81. The molecule has 0 aliphatic heterocycles. The van der Waals surface area contributed by atoms with Crippen LogP contribution in [0.4, 0.5) is 21.0 Å². The normalized spacial score (nSPS) is 8.93. The van der Waals surface area contributed by atoms with Gasteiger partial charge < -0.3 is 14.2 Å². The van der Waals surface area contributed by atoms with Crippen molar-refractivity contribution in [1.82, 2.24) is 0 Å². The molecule has 0 heterocycles. The highest BCUT2D eigenvalue weighted by molar-refractivity contribution is 5.90. The molecule has 0 fully saturated rings. The largest absolute Gasteiger partial charge is 0.459 e. The Morgan fingerprint density at radius 1 is 1.15 bits per heavy atom. The summed E-state index contributed by atoms with van der Waals surface area (Å²) in [6.45, 7) is 6.48. The number of esters is 1. The molecule has 0 aliphatic carbocycles. The van der Waals surface area contributed by atoms with Gasteiger partial charge >= 0.3 is 18.2 Å². The molecule has 0 aromatic heterocycles. The van der Waals surface area contributed by atoms with Crippen molar-refractivity contribution >= 4 is 29.5 Å². The third kappa shape index (κ3) is 8.14. The quantitative estimate of drug-likeness (QED) is 0.262. The molecule has 0 saturated heterocycles. The summed E-state index contributed by atoms with van der Waals surface area (Å²) < 4.78 is 14.2. The Bertz CT molecular complexity index is 842. The first-order valence-electron chi connectivity index (χ1n) is 7.64. The van der Waals surface area contributed by atoms with E-state index in [0.717, 1.165) is 5.56 Å². The maximum absolute atomic E-state index is 11.8. The second-order valence-electron chi connectivity index (χ2n) is 5.09. The number of hydrogen-bond donors (Lipinski definition) is 2. The van der Waals surface area contributed by atoms with Crippen LogP contribution in [0.3, 0.4) is 0 Å². The molecule has 0 saturated carbocycles. The van der Waals surface area contributed by atoms with E-state index < -0.39 is 18.2 Å². The minimum absolute atomic E-state index is 0.0930. The summed E-state index contributed by atoms with van der Waals surface area (Å²) in [5.74, 6) is 3.57. The number of carbonyl (C=O) groups excluding carboxylic acids is 3. The summed E-state index contributed by atoms with van der Waals surface area (Å²) in [6, 6.07) is 4.79. The average molecular weight is 370 g/mol. The van der Waals surface area contributed by atoms with Crippen molar-refractivity contribution < 1.29 is 28.6 Å². The summed E-state index contributed by atoms with van der Waals surface area (Å²) in [4.78, 5) is 34.5. The number of nitrogens with one attached hydrogen (secondary N) is 2. The Kier molecular flexibility index (Phi) is 8.49. The van der Waals surface area contributed by atoms with Crippen LogP contribution in [0, 0.1) is 31.3 Å². The zero-order valence-corrected chi connectivity index (χ0v) is 14.9. The molecule has 0 spiro atoms. The average Bonchev–Trinajstić information content (AvgIpc) is 2.61. The molecule has 140 valence electrons. The zero-order valence-electron chi connectivity index (χ0n) is 14.9. The fraction of sp³-hybridized carbons (Fsp3) is 0.211. The zero-order chi connectivity index (χ0) is 20.2. The van der Waals surface area contributed by atoms with Gasteiger partial charge in [-0.25, -0.2) is 14.4 Å². The van der Waals surface area contributed by atoms with Crippen LogP contribution < -0.4 is 10.6 Å². The van der Waals surface area contributed by atoms with Crippen LogP contribution in [0.1, 0.15) is 12.5 Å². The number of anilines is 2. The number of benzene rings is 1. The molecule has 1 rings (SSSR count). The van der Waals surface area contributed by atoms with E-state index in [1.807, 2.05) is 12.0 Å². The van der Waals surface area contributed by atoms with Crippen molar-refractivity contribution in [2.75, 3.05) is 23.8 Å². The van der Waals surface area contributed by atoms with Gasteiger partial charge in [-0.2, -0.15) is 0 Å². The van der Waals surface area contributed by atoms with Crippen molar-refractivity contribution in [2.45, 2.75) is 13.8 Å². The first kappa shape index (κ1) is 21.1. The second-order valence-corrected chi connectivity index (χ2v) is 5.09. The second kappa shape index (κ2) is 10.9. The Morgan fingerprint density at radius 2 is 1.85 bits per heavy atom. The van der Waals surface area contributed by atoms with E-state index in [1.54, 1.807) is 19.1 Å². The van der Waals surface area contributed by atoms with Crippen molar-refractivity contribution in [3.8, 4) is 24.4 Å². The highest BCUT2D eigenvalue weighted by atomic mass is 16.6. The molecule has 1 aromatic carbocycles. The number of rotatable bonds is 6. The van der Waals surface area contributed by atoms with Gasteiger partial charge in [0.05, 0.1) is 0 Å². The summed E-state index contributed by atoms with van der Waals surface area (Å²) in [7, 11) is 0. The minimum atomic E-state index is -0.825. The standard InChI is InChI=1S/C19H18N2O6/c1-5-6-9-26-18(23)20-15-8-7-14(4)16(12-15)21-19(24)27-11-10-25-17(22)13(2)3/h1,7-8,12H,2,10-11H2,3-4H3,(H,20,23)(H,21,24). The Labute approximate surface area is 156 Å². The summed E-state index contributed by atoms with van der Waals surface area (Å²) in [5.41, 5.74) is 1.75. The minimum Gasteiger partial charge on any atom is -0.459 e. The molecule has 8 heteroatoms. The van der Waals surface area contributed by atoms with Crippen LogP contribution in [0.25, 0.3) is 0 Å². The number of carbonyl (C=O) groups is 3. The topological polar surface area (TPSA) is 103 Å². The van der Waals surface area contributed by atoms with E-state index >= 15 is 0 Å². The van der Waals surface area contributed by atoms with Gasteiger partial charge in [-0.1, -0.05) is 12.6 Å². The third-order valence-electron chi connectivity index (χ3n) is 2.89. The lowest BCUT2D eigenvalue weighted by Gasteiger charge is -2.11. The lowest BCUT2D eigenvalue weighted by atomic mass is 10.2. The van der Waals surface area contributed by atoms with Crippen molar-refractivity contribution in [1.29, 1.82) is 0 Å². The summed E-state index contributed by atoms with van der Waals surface area (Å²) >= 11 is 0. The smallest absolute Gasteiger partial charge is 0.425 e. The van der Waals surface area contributed by atoms with E-state index in [-0.39, 0.29) is 18.8 Å². The lowest BCUT2D eigenvalue weighted by Crippen LogP contribution is -2.19. The Morgan fingerprint density at radius 3 is 2.52 bits per heavy atom. The van der Waals surface area contributed by atoms with Gasteiger partial charge in [0.1, 0.15) is 19.3 Å². The van der Waals surface area contributed by atoms with Crippen LogP contribution >= 0.6 is 0 Å². The number of terminal acetylenes is 1. The van der Waals surface area contributed by atoms with Crippen molar-refractivity contribution in [3.05, 3.63) is 35.9 Å². The molecule has 2 amide bonds. The van der Waals surface area contributed by atoms with Gasteiger partial charge in [-0.3, -0.25) is 10.6 Å². The van der Waals surface area contributed by atoms with E-state index in [9.17, 15) is 14.4 Å². The van der Waals surface area contributed by atoms with Crippen LogP contribution in [0.15, 0.2) is 30.4 Å². The fourth-order valence-electron chi connectivity index (χ4n) is 1.62. The van der Waals surface area contributed by atoms with Gasteiger partial charge in [0.2, 0.25) is 0 Å². The molecule has 0 unspecified atom stereocenters. The molecule has 0 bridgehead atoms. The van der Waals surface area contributed by atoms with E-state index in [2.05, 4.69) is 27.9 Å². The fourth-order valence-corrected chi connectivity index (χ4v) is 1.62. The molecule has 27 heavy (non-hydrogen) atoms. The van der Waals surface area contributed by atoms with E-state index in [0.29, 0.717) is 11.4 Å². The Hall–Kier alpha value is -3.91. The van der Waals surface area contributed by atoms with Gasteiger partial charge in [0.15, 0.2) is 0 Å². The number of aryl methyl sites for hydroxylation is 1. The van der Waals surface area contributed by atoms with Crippen molar-refractivity contribution in [3.63, 3.8) is 0 Å². The maximum atomic E-state index is 11.8.